The fraction of sp³-hybridized carbons (Fsp3) is 0.704. The maximum atomic E-state index is 13.1. The monoisotopic (exact) mass is 426 g/mol. The van der Waals surface area contributed by atoms with Crippen LogP contribution in [0.2, 0.25) is 0 Å². The van der Waals surface area contributed by atoms with Crippen LogP contribution in [0.1, 0.15) is 79.1 Å². The normalized spacial score (nSPS) is 38.8. The second-order valence-electron chi connectivity index (χ2n) is 10.6. The van der Waals surface area contributed by atoms with E-state index in [2.05, 4.69) is 32.9 Å². The van der Waals surface area contributed by atoms with Crippen LogP contribution >= 0.6 is 0 Å². The molecule has 4 rings (SSSR count). The summed E-state index contributed by atoms with van der Waals surface area (Å²) in [5.74, 6) is 1.22. The highest BCUT2D eigenvalue weighted by molar-refractivity contribution is 5.93. The molecule has 1 N–H and O–H groups in total. The number of carbonyl (C=O) groups is 2. The molecular weight excluding hydrogens is 388 g/mol. The third-order valence-electron chi connectivity index (χ3n) is 8.68. The molecule has 0 amide bonds. The zero-order valence-electron chi connectivity index (χ0n) is 19.5. The Morgan fingerprint density at radius 1 is 1.32 bits per heavy atom. The zero-order chi connectivity index (χ0) is 22.3. The minimum absolute atomic E-state index is 0.0546. The number of fused-ring (bicyclic) bond motifs is 6. The molecular formula is C27H38O4. The Morgan fingerprint density at radius 3 is 2.81 bits per heavy atom. The first-order valence-electron chi connectivity index (χ1n) is 12.2. The van der Waals surface area contributed by atoms with Gasteiger partial charge >= 0.3 is 5.97 Å². The lowest BCUT2D eigenvalue weighted by Crippen LogP contribution is -2.37. The lowest BCUT2D eigenvalue weighted by molar-refractivity contribution is -0.144. The highest BCUT2D eigenvalue weighted by Crippen LogP contribution is 2.62. The van der Waals surface area contributed by atoms with Gasteiger partial charge in [0.25, 0.3) is 0 Å². The quantitative estimate of drug-likeness (QED) is 0.488. The van der Waals surface area contributed by atoms with Crippen molar-refractivity contribution in [1.82, 2.24) is 0 Å². The SMILES string of the molecule is CCC(/C=C(\C)[C@H]1CC[C@H]2C3=CC(=O)[C@H]4CC(=CC[C@H](O)C4)[C@H]3CC[C@]12C)OC(C)=O. The van der Waals surface area contributed by atoms with Crippen LogP contribution in [0.25, 0.3) is 0 Å². The van der Waals surface area contributed by atoms with Gasteiger partial charge in [-0.15, -0.1) is 0 Å². The number of aliphatic hydroxyl groups is 1. The number of hydrogen-bond donors (Lipinski definition) is 1. The van der Waals surface area contributed by atoms with Crippen LogP contribution in [-0.2, 0) is 14.3 Å². The maximum Gasteiger partial charge on any atom is 0.303 e. The molecule has 0 aliphatic heterocycles. The van der Waals surface area contributed by atoms with Crippen LogP contribution in [-0.4, -0.2) is 29.1 Å². The Kier molecular flexibility index (Phi) is 6.31. The largest absolute Gasteiger partial charge is 0.458 e. The molecule has 170 valence electrons. The third-order valence-corrected chi connectivity index (χ3v) is 8.68. The highest BCUT2D eigenvalue weighted by Gasteiger charge is 2.53. The number of hydrogen-bond acceptors (Lipinski definition) is 4. The van der Waals surface area contributed by atoms with E-state index >= 15 is 0 Å². The van der Waals surface area contributed by atoms with Crippen LogP contribution in [0.5, 0.6) is 0 Å². The Labute approximate surface area is 186 Å². The lowest BCUT2D eigenvalue weighted by Gasteiger charge is -2.46. The lowest BCUT2D eigenvalue weighted by atomic mass is 9.58. The summed E-state index contributed by atoms with van der Waals surface area (Å²) in [7, 11) is 0. The van der Waals surface area contributed by atoms with Gasteiger partial charge in [0.15, 0.2) is 5.78 Å². The van der Waals surface area contributed by atoms with Gasteiger partial charge < -0.3 is 9.84 Å². The van der Waals surface area contributed by atoms with Gasteiger partial charge in [0.05, 0.1) is 6.10 Å². The van der Waals surface area contributed by atoms with Crippen molar-refractivity contribution in [3.63, 3.8) is 0 Å². The Bertz CT molecular complexity index is 834. The summed E-state index contributed by atoms with van der Waals surface area (Å²) in [4.78, 5) is 24.6. The Morgan fingerprint density at radius 2 is 2.10 bits per heavy atom. The van der Waals surface area contributed by atoms with Crippen molar-refractivity contribution in [2.24, 2.45) is 29.1 Å². The van der Waals surface area contributed by atoms with Crippen molar-refractivity contribution in [2.75, 3.05) is 0 Å². The van der Waals surface area contributed by atoms with E-state index in [-0.39, 0.29) is 35.3 Å². The number of ketones is 1. The molecule has 2 fully saturated rings. The topological polar surface area (TPSA) is 63.6 Å². The Hall–Kier alpha value is -1.68. The molecule has 0 radical (unpaired) electrons. The number of rotatable bonds is 4. The summed E-state index contributed by atoms with van der Waals surface area (Å²) in [5, 5.41) is 10.2. The molecule has 4 nitrogen and oxygen atoms in total. The van der Waals surface area contributed by atoms with Crippen LogP contribution in [0.4, 0.5) is 0 Å². The molecule has 4 aliphatic carbocycles. The maximum absolute atomic E-state index is 13.1. The summed E-state index contributed by atoms with van der Waals surface area (Å²) in [6.45, 7) is 8.14. The first-order chi connectivity index (χ1) is 14.7. The number of allylic oxidation sites excluding steroid dienone is 4. The second-order valence-corrected chi connectivity index (χ2v) is 10.6. The molecule has 0 aromatic heterocycles. The molecule has 7 atom stereocenters. The van der Waals surface area contributed by atoms with Gasteiger partial charge in [-0.05, 0) is 87.7 Å². The van der Waals surface area contributed by atoms with Crippen molar-refractivity contribution < 1.29 is 19.4 Å². The van der Waals surface area contributed by atoms with Gasteiger partial charge in [-0.3, -0.25) is 9.59 Å². The van der Waals surface area contributed by atoms with Crippen molar-refractivity contribution >= 4 is 11.8 Å². The van der Waals surface area contributed by atoms with Gasteiger partial charge in [0.2, 0.25) is 0 Å². The smallest absolute Gasteiger partial charge is 0.303 e. The Balaban J connectivity index is 1.62. The molecule has 0 spiro atoms. The predicted molar refractivity (Wildman–Crippen MR) is 121 cm³/mol. The van der Waals surface area contributed by atoms with Gasteiger partial charge in [-0.2, -0.15) is 0 Å². The molecule has 31 heavy (non-hydrogen) atoms. The first kappa shape index (κ1) is 22.5. The van der Waals surface area contributed by atoms with E-state index in [1.807, 2.05) is 6.08 Å². The van der Waals surface area contributed by atoms with Crippen molar-refractivity contribution in [3.05, 3.63) is 34.9 Å². The van der Waals surface area contributed by atoms with Crippen LogP contribution in [0.3, 0.4) is 0 Å². The first-order valence-corrected chi connectivity index (χ1v) is 12.2. The number of esters is 1. The fourth-order valence-electron chi connectivity index (χ4n) is 7.15. The zero-order valence-corrected chi connectivity index (χ0v) is 19.5. The summed E-state index contributed by atoms with van der Waals surface area (Å²) < 4.78 is 5.48. The van der Waals surface area contributed by atoms with Gasteiger partial charge in [-0.1, -0.05) is 36.6 Å². The van der Waals surface area contributed by atoms with E-state index < -0.39 is 0 Å². The average molecular weight is 427 g/mol. The van der Waals surface area contributed by atoms with Crippen LogP contribution in [0, 0.1) is 29.1 Å². The molecule has 0 aromatic carbocycles. The second kappa shape index (κ2) is 8.69. The van der Waals surface area contributed by atoms with Gasteiger partial charge in [0.1, 0.15) is 6.10 Å². The van der Waals surface area contributed by atoms with Crippen LogP contribution in [0.15, 0.2) is 34.9 Å². The summed E-state index contributed by atoms with van der Waals surface area (Å²) >= 11 is 0. The summed E-state index contributed by atoms with van der Waals surface area (Å²) in [5.41, 5.74) is 4.24. The van der Waals surface area contributed by atoms with Crippen molar-refractivity contribution in [2.45, 2.75) is 91.3 Å². The molecule has 0 saturated heterocycles. The minimum atomic E-state index is -0.386. The summed E-state index contributed by atoms with van der Waals surface area (Å²) in [6, 6.07) is 0. The van der Waals surface area contributed by atoms with Gasteiger partial charge in [0, 0.05) is 18.8 Å². The number of aliphatic hydroxyl groups excluding tert-OH is 1. The van der Waals surface area contributed by atoms with Crippen LogP contribution < -0.4 is 0 Å². The van der Waals surface area contributed by atoms with E-state index in [1.54, 1.807) is 0 Å². The van der Waals surface area contributed by atoms with Crippen molar-refractivity contribution in [1.29, 1.82) is 0 Å². The molecule has 0 aromatic rings. The van der Waals surface area contributed by atoms with E-state index in [4.69, 9.17) is 4.74 Å². The minimum Gasteiger partial charge on any atom is -0.458 e. The summed E-state index contributed by atoms with van der Waals surface area (Å²) in [6.07, 6.45) is 13.2. The van der Waals surface area contributed by atoms with E-state index in [9.17, 15) is 14.7 Å². The molecule has 2 saturated carbocycles. The third kappa shape index (κ3) is 4.20. The average Bonchev–Trinajstić information content (AvgIpc) is 2.86. The number of carbonyl (C=O) groups excluding carboxylic acids is 2. The van der Waals surface area contributed by atoms with Crippen molar-refractivity contribution in [3.8, 4) is 0 Å². The molecule has 2 bridgehead atoms. The molecule has 1 unspecified atom stereocenters. The van der Waals surface area contributed by atoms with E-state index in [1.165, 1.54) is 23.6 Å². The van der Waals surface area contributed by atoms with E-state index in [0.717, 1.165) is 38.5 Å². The predicted octanol–water partition coefficient (Wildman–Crippen LogP) is 5.31. The standard InChI is InChI=1S/C27H38O4/c1-5-21(31-17(3)28)12-16(2)24-8-9-25-23-15-26(30)19-13-18(6-7-20(29)14-19)22(23)10-11-27(24,25)4/h6,12,15,19-22,24-25,29H,5,7-11,13-14H2,1-4H3/b16-12+/t19-,20-,21?,22+,24+,25-,27+/m0/s1. The molecule has 0 heterocycles. The molecule has 4 aliphatic rings. The van der Waals surface area contributed by atoms with Gasteiger partial charge in [-0.25, -0.2) is 0 Å². The highest BCUT2D eigenvalue weighted by atomic mass is 16.5. The molecule has 4 heteroatoms. The van der Waals surface area contributed by atoms with E-state index in [0.29, 0.717) is 30.6 Å². The fourth-order valence-corrected chi connectivity index (χ4v) is 7.15. The number of ether oxygens (including phenoxy) is 1.